The fraction of sp³-hybridized carbons (Fsp3) is 0.333. The van der Waals surface area contributed by atoms with Crippen LogP contribution in [0.1, 0.15) is 24.1 Å². The Hall–Kier alpha value is -1.39. The van der Waals surface area contributed by atoms with E-state index in [-0.39, 0.29) is 5.02 Å². The molecule has 0 fully saturated rings. The van der Waals surface area contributed by atoms with Crippen LogP contribution in [0.5, 0.6) is 0 Å². The molecule has 0 saturated heterocycles. The highest BCUT2D eigenvalue weighted by atomic mass is 35.5. The third-order valence-electron chi connectivity index (χ3n) is 2.00. The Kier molecular flexibility index (Phi) is 3.67. The number of benzene rings is 1. The molecule has 0 N–H and O–H groups in total. The van der Waals surface area contributed by atoms with Crippen molar-refractivity contribution in [2.24, 2.45) is 5.11 Å². The van der Waals surface area contributed by atoms with Crippen molar-refractivity contribution in [3.63, 3.8) is 0 Å². The summed E-state index contributed by atoms with van der Waals surface area (Å²) in [6, 6.07) is 2.34. The van der Waals surface area contributed by atoms with Crippen molar-refractivity contribution in [2.75, 3.05) is 0 Å². The van der Waals surface area contributed by atoms with Gasteiger partial charge in [-0.25, -0.2) is 0 Å². The summed E-state index contributed by atoms with van der Waals surface area (Å²) in [5.41, 5.74) is 7.75. The maximum Gasteiger partial charge on any atom is 0.416 e. The third-order valence-corrected chi connectivity index (χ3v) is 2.33. The van der Waals surface area contributed by atoms with E-state index in [1.165, 1.54) is 6.07 Å². The van der Waals surface area contributed by atoms with Crippen LogP contribution in [0.15, 0.2) is 23.3 Å². The lowest BCUT2D eigenvalue weighted by Crippen LogP contribution is -2.05. The zero-order valence-corrected chi connectivity index (χ0v) is 8.92. The highest BCUT2D eigenvalue weighted by Gasteiger charge is 2.31. The lowest BCUT2D eigenvalue weighted by molar-refractivity contribution is -0.137. The summed E-state index contributed by atoms with van der Waals surface area (Å²) >= 11 is 5.68. The van der Waals surface area contributed by atoms with Gasteiger partial charge < -0.3 is 0 Å². The van der Waals surface area contributed by atoms with Gasteiger partial charge in [-0.15, -0.1) is 0 Å². The van der Waals surface area contributed by atoms with Crippen LogP contribution < -0.4 is 0 Å². The first-order valence-electron chi connectivity index (χ1n) is 4.27. The van der Waals surface area contributed by atoms with Crippen LogP contribution in [-0.2, 0) is 6.18 Å². The summed E-state index contributed by atoms with van der Waals surface area (Å²) < 4.78 is 36.9. The van der Waals surface area contributed by atoms with Crippen molar-refractivity contribution in [2.45, 2.75) is 19.1 Å². The average molecular weight is 250 g/mol. The normalized spacial score (nSPS) is 13.1. The van der Waals surface area contributed by atoms with Gasteiger partial charge in [0.15, 0.2) is 0 Å². The lowest BCUT2D eigenvalue weighted by Gasteiger charge is -2.11. The fourth-order valence-corrected chi connectivity index (χ4v) is 1.52. The van der Waals surface area contributed by atoms with E-state index in [1.54, 1.807) is 6.92 Å². The van der Waals surface area contributed by atoms with Gasteiger partial charge in [0.25, 0.3) is 0 Å². The molecular formula is C9H7ClF3N3. The second kappa shape index (κ2) is 4.63. The zero-order valence-electron chi connectivity index (χ0n) is 8.16. The minimum Gasteiger partial charge on any atom is -0.166 e. The number of halogens is 4. The van der Waals surface area contributed by atoms with E-state index in [0.29, 0.717) is 5.56 Å². The van der Waals surface area contributed by atoms with Crippen molar-refractivity contribution < 1.29 is 13.2 Å². The number of hydrogen-bond acceptors (Lipinski definition) is 1. The minimum atomic E-state index is -4.43. The highest BCUT2D eigenvalue weighted by molar-refractivity contribution is 6.31. The first kappa shape index (κ1) is 12.7. The van der Waals surface area contributed by atoms with Crippen molar-refractivity contribution in [1.82, 2.24) is 0 Å². The van der Waals surface area contributed by atoms with Crippen molar-refractivity contribution >= 4 is 11.6 Å². The van der Waals surface area contributed by atoms with Crippen LogP contribution in [0.3, 0.4) is 0 Å². The van der Waals surface area contributed by atoms with Crippen molar-refractivity contribution in [1.29, 1.82) is 0 Å². The van der Waals surface area contributed by atoms with E-state index in [9.17, 15) is 13.2 Å². The van der Waals surface area contributed by atoms with Gasteiger partial charge in [-0.1, -0.05) is 29.7 Å². The highest BCUT2D eigenvalue weighted by Crippen LogP contribution is 2.34. The van der Waals surface area contributed by atoms with Crippen LogP contribution in [0.4, 0.5) is 13.2 Å². The molecule has 1 atom stereocenters. The van der Waals surface area contributed by atoms with Gasteiger partial charge in [0.2, 0.25) is 0 Å². The van der Waals surface area contributed by atoms with E-state index in [0.717, 1.165) is 12.1 Å². The van der Waals surface area contributed by atoms with Crippen LogP contribution in [0, 0.1) is 0 Å². The van der Waals surface area contributed by atoms with Gasteiger partial charge in [0.1, 0.15) is 0 Å². The summed E-state index contributed by atoms with van der Waals surface area (Å²) in [6.45, 7) is 1.55. The molecule has 0 amide bonds. The molecule has 16 heavy (non-hydrogen) atoms. The van der Waals surface area contributed by atoms with Gasteiger partial charge in [0.05, 0.1) is 11.6 Å². The first-order valence-corrected chi connectivity index (χ1v) is 4.65. The second-order valence-electron chi connectivity index (χ2n) is 3.11. The van der Waals surface area contributed by atoms with Gasteiger partial charge in [-0.2, -0.15) is 13.2 Å². The van der Waals surface area contributed by atoms with Crippen LogP contribution in [0.2, 0.25) is 5.02 Å². The van der Waals surface area contributed by atoms with Gasteiger partial charge in [-0.3, -0.25) is 0 Å². The van der Waals surface area contributed by atoms with Gasteiger partial charge in [0, 0.05) is 9.93 Å². The minimum absolute atomic E-state index is 0.0604. The summed E-state index contributed by atoms with van der Waals surface area (Å²) in [4.78, 5) is 2.57. The second-order valence-corrected chi connectivity index (χ2v) is 3.52. The summed E-state index contributed by atoms with van der Waals surface area (Å²) in [5, 5.41) is 3.30. The Morgan fingerprint density at radius 3 is 2.50 bits per heavy atom. The van der Waals surface area contributed by atoms with Crippen molar-refractivity contribution in [3.8, 4) is 0 Å². The van der Waals surface area contributed by atoms with Crippen LogP contribution in [-0.4, -0.2) is 0 Å². The third kappa shape index (κ3) is 2.81. The average Bonchev–Trinajstić information content (AvgIpc) is 2.16. The summed E-state index contributed by atoms with van der Waals surface area (Å²) in [7, 11) is 0. The quantitative estimate of drug-likeness (QED) is 0.413. The molecule has 1 rings (SSSR count). The molecule has 0 aliphatic carbocycles. The van der Waals surface area contributed by atoms with Gasteiger partial charge >= 0.3 is 6.18 Å². The summed E-state index contributed by atoms with van der Waals surface area (Å²) in [5.74, 6) is 0. The van der Waals surface area contributed by atoms with Crippen LogP contribution >= 0.6 is 11.6 Å². The topological polar surface area (TPSA) is 48.8 Å². The number of azide groups is 1. The van der Waals surface area contributed by atoms with E-state index >= 15 is 0 Å². The Balaban J connectivity index is 3.14. The molecule has 1 unspecified atom stereocenters. The number of alkyl halides is 3. The monoisotopic (exact) mass is 249 g/mol. The smallest absolute Gasteiger partial charge is 0.166 e. The maximum absolute atomic E-state index is 12.3. The SMILES string of the molecule is CC(N=[N+]=[N-])c1ccc(C(F)(F)F)cc1Cl. The molecule has 0 aliphatic heterocycles. The molecule has 0 aromatic heterocycles. The molecule has 0 bridgehead atoms. The molecule has 0 heterocycles. The van der Waals surface area contributed by atoms with Gasteiger partial charge in [-0.05, 0) is 23.2 Å². The molecular weight excluding hydrogens is 243 g/mol. The molecule has 1 aromatic carbocycles. The maximum atomic E-state index is 12.3. The standard InChI is InChI=1S/C9H7ClF3N3/c1-5(15-16-14)7-3-2-6(4-8(7)10)9(11,12)13/h2-5H,1H3. The largest absolute Gasteiger partial charge is 0.416 e. The number of nitrogens with zero attached hydrogens (tertiary/aromatic N) is 3. The Morgan fingerprint density at radius 2 is 2.06 bits per heavy atom. The zero-order chi connectivity index (χ0) is 12.3. The predicted molar refractivity (Wildman–Crippen MR) is 54.0 cm³/mol. The molecule has 7 heteroatoms. The Morgan fingerprint density at radius 1 is 1.44 bits per heavy atom. The molecule has 0 saturated carbocycles. The van der Waals surface area contributed by atoms with E-state index in [4.69, 9.17) is 17.1 Å². The Bertz CT molecular complexity index is 438. The predicted octanol–water partition coefficient (Wildman–Crippen LogP) is 4.73. The first-order chi connectivity index (χ1) is 7.36. The molecule has 86 valence electrons. The number of hydrogen-bond donors (Lipinski definition) is 0. The van der Waals surface area contributed by atoms with E-state index in [2.05, 4.69) is 10.0 Å². The number of rotatable bonds is 2. The molecule has 3 nitrogen and oxygen atoms in total. The molecule has 0 aliphatic rings. The summed E-state index contributed by atoms with van der Waals surface area (Å²) in [6.07, 6.45) is -4.43. The fourth-order valence-electron chi connectivity index (χ4n) is 1.18. The van der Waals surface area contributed by atoms with E-state index in [1.807, 2.05) is 0 Å². The Labute approximate surface area is 94.5 Å². The van der Waals surface area contributed by atoms with Crippen LogP contribution in [0.25, 0.3) is 10.4 Å². The molecule has 0 radical (unpaired) electrons. The lowest BCUT2D eigenvalue weighted by atomic mass is 10.1. The molecule has 1 aromatic rings. The molecule has 0 spiro atoms. The van der Waals surface area contributed by atoms with Crippen molar-refractivity contribution in [3.05, 3.63) is 44.8 Å². The van der Waals surface area contributed by atoms with E-state index < -0.39 is 17.8 Å².